The van der Waals surface area contributed by atoms with E-state index in [1.54, 1.807) is 0 Å². The Kier molecular flexibility index (Phi) is 8.39. The van der Waals surface area contributed by atoms with Crippen LogP contribution >= 0.6 is 0 Å². The normalized spacial score (nSPS) is 39.3. The van der Waals surface area contributed by atoms with Gasteiger partial charge >= 0.3 is 5.97 Å². The molecule has 0 aromatic heterocycles. The summed E-state index contributed by atoms with van der Waals surface area (Å²) >= 11 is 0. The Bertz CT molecular complexity index is 1340. The van der Waals surface area contributed by atoms with Gasteiger partial charge in [0.15, 0.2) is 11.9 Å². The lowest BCUT2D eigenvalue weighted by Crippen LogP contribution is -2.68. The van der Waals surface area contributed by atoms with Gasteiger partial charge in [0, 0.05) is 17.9 Å². The van der Waals surface area contributed by atoms with Gasteiger partial charge in [-0.25, -0.2) is 4.79 Å². The summed E-state index contributed by atoms with van der Waals surface area (Å²) in [5, 5.41) is 2.74. The molecule has 6 heteroatoms. The monoisotopic (exact) mass is 644 g/mol. The molecule has 3 saturated carbocycles. The Hall–Kier alpha value is -1.99. The molecule has 0 amide bonds. The number of methoxy groups -OCH3 is 1. The zero-order valence-electron chi connectivity index (χ0n) is 29.1. The van der Waals surface area contributed by atoms with Gasteiger partial charge in [-0.15, -0.1) is 0 Å². The molecular weight excluding hydrogens is 589 g/mol. The highest BCUT2D eigenvalue weighted by Crippen LogP contribution is 2.68. The van der Waals surface area contributed by atoms with E-state index in [1.165, 1.54) is 43.2 Å². The molecule has 0 bridgehead atoms. The standard InChI is InChI=1S/C40H56O5Si/c1-37(2,3)46(30-14-9-7-10-15-30,31-16-11-8-12-17-31)45-29-20-23-38(4)28(26-29)18-19-32-33(38)21-24-39(5)34(32)27-35(36(41)42-6)44-40(39)22-13-25-43-40/h7-12,14-17,28-29,32-35H,13,18-27H2,1-6H3/t28-,29-,32+,33-,34-,35+,38-,39-,40-/m0/s1. The van der Waals surface area contributed by atoms with Crippen molar-refractivity contribution in [2.45, 2.75) is 122 Å². The minimum atomic E-state index is -2.60. The molecule has 250 valence electrons. The fraction of sp³-hybridized carbons (Fsp3) is 0.675. The van der Waals surface area contributed by atoms with Crippen molar-refractivity contribution in [2.24, 2.45) is 34.5 Å². The van der Waals surface area contributed by atoms with Crippen LogP contribution in [0.4, 0.5) is 0 Å². The molecular formula is C40H56O5Si. The largest absolute Gasteiger partial charge is 0.467 e. The molecule has 3 aliphatic carbocycles. The quantitative estimate of drug-likeness (QED) is 0.247. The Morgan fingerprint density at radius 3 is 2.11 bits per heavy atom. The SMILES string of the molecule is COC(=O)[C@H]1C[C@H]2[C@@H]3CC[C@H]4C[C@@H](O[Si](c5ccccc5)(c5ccccc5)C(C)(C)C)CC[C@]4(C)[C@H]3CC[C@]2(C)[C@]2(CCCO2)O1. The fourth-order valence-electron chi connectivity index (χ4n) is 11.6. The van der Waals surface area contributed by atoms with E-state index in [0.29, 0.717) is 23.7 Å². The summed E-state index contributed by atoms with van der Waals surface area (Å²) in [6, 6.07) is 22.3. The molecule has 0 radical (unpaired) electrons. The van der Waals surface area contributed by atoms with Crippen LogP contribution in [-0.2, 0) is 23.4 Å². The van der Waals surface area contributed by atoms with Gasteiger partial charge in [0.05, 0.1) is 13.7 Å². The lowest BCUT2D eigenvalue weighted by Gasteiger charge is -2.66. The first kappa shape index (κ1) is 32.5. The molecule has 5 nitrogen and oxygen atoms in total. The maximum atomic E-state index is 12.9. The molecule has 2 aromatic carbocycles. The van der Waals surface area contributed by atoms with Gasteiger partial charge in [0.25, 0.3) is 8.32 Å². The van der Waals surface area contributed by atoms with Crippen molar-refractivity contribution in [2.75, 3.05) is 13.7 Å². The second-order valence-electron chi connectivity index (χ2n) is 16.9. The molecule has 0 N–H and O–H groups in total. The van der Waals surface area contributed by atoms with E-state index in [9.17, 15) is 4.79 Å². The number of hydrogen-bond acceptors (Lipinski definition) is 5. The second-order valence-corrected chi connectivity index (χ2v) is 21.1. The van der Waals surface area contributed by atoms with Gasteiger partial charge in [-0.1, -0.05) is 95.3 Å². The molecule has 2 saturated heterocycles. The Morgan fingerprint density at radius 2 is 1.52 bits per heavy atom. The van der Waals surface area contributed by atoms with Crippen LogP contribution in [0, 0.1) is 34.5 Å². The van der Waals surface area contributed by atoms with Crippen LogP contribution in [0.15, 0.2) is 60.7 Å². The maximum Gasteiger partial charge on any atom is 0.335 e. The van der Waals surface area contributed by atoms with Gasteiger partial charge in [0.1, 0.15) is 0 Å². The number of benzene rings is 2. The van der Waals surface area contributed by atoms with E-state index in [-0.39, 0.29) is 27.9 Å². The summed E-state index contributed by atoms with van der Waals surface area (Å²) < 4.78 is 26.1. The topological polar surface area (TPSA) is 54.0 Å². The van der Waals surface area contributed by atoms with Gasteiger partial charge < -0.3 is 18.6 Å². The van der Waals surface area contributed by atoms with Crippen molar-refractivity contribution in [1.82, 2.24) is 0 Å². The highest BCUT2D eigenvalue weighted by atomic mass is 28.4. The number of fused-ring (bicyclic) bond motifs is 6. The molecule has 2 heterocycles. The number of rotatable bonds is 5. The average Bonchev–Trinajstić information content (AvgIpc) is 3.53. The lowest BCUT2D eigenvalue weighted by molar-refractivity contribution is -0.350. The minimum Gasteiger partial charge on any atom is -0.467 e. The lowest BCUT2D eigenvalue weighted by atomic mass is 9.42. The number of esters is 1. The molecule has 1 spiro atoms. The van der Waals surface area contributed by atoms with Crippen LogP contribution in [0.1, 0.15) is 98.8 Å². The third-order valence-corrected chi connectivity index (χ3v) is 19.0. The van der Waals surface area contributed by atoms with E-state index in [2.05, 4.69) is 95.3 Å². The van der Waals surface area contributed by atoms with E-state index < -0.39 is 20.2 Å². The predicted octanol–water partition coefficient (Wildman–Crippen LogP) is 7.65. The number of carbonyl (C=O) groups is 1. The molecule has 0 unspecified atom stereocenters. The summed E-state index contributed by atoms with van der Waals surface area (Å²) in [6.45, 7) is 13.0. The van der Waals surface area contributed by atoms with Gasteiger partial charge in [-0.05, 0) is 102 Å². The summed E-state index contributed by atoms with van der Waals surface area (Å²) in [5.41, 5.74) is 0.223. The Labute approximate surface area is 278 Å². The van der Waals surface area contributed by atoms with E-state index in [4.69, 9.17) is 18.6 Å². The number of carbonyl (C=O) groups excluding carboxylic acids is 1. The molecule has 7 rings (SSSR count). The van der Waals surface area contributed by atoms with E-state index >= 15 is 0 Å². The van der Waals surface area contributed by atoms with Crippen LogP contribution in [0.5, 0.6) is 0 Å². The maximum absolute atomic E-state index is 12.9. The molecule has 2 aliphatic heterocycles. The first-order valence-corrected chi connectivity index (χ1v) is 20.1. The van der Waals surface area contributed by atoms with Gasteiger partial charge in [-0.2, -0.15) is 0 Å². The molecule has 5 aliphatic rings. The summed E-state index contributed by atoms with van der Waals surface area (Å²) in [6.07, 6.45) is 10.6. The highest BCUT2D eigenvalue weighted by Gasteiger charge is 2.67. The summed E-state index contributed by atoms with van der Waals surface area (Å²) in [5.74, 6) is 1.42. The van der Waals surface area contributed by atoms with Crippen molar-refractivity contribution in [3.05, 3.63) is 60.7 Å². The smallest absolute Gasteiger partial charge is 0.335 e. The molecule has 9 atom stereocenters. The fourth-order valence-corrected chi connectivity index (χ4v) is 16.3. The van der Waals surface area contributed by atoms with Crippen LogP contribution in [-0.4, -0.2) is 46.0 Å². The Morgan fingerprint density at radius 1 is 0.848 bits per heavy atom. The second kappa shape index (κ2) is 11.9. The molecule has 5 fully saturated rings. The van der Waals surface area contributed by atoms with Gasteiger partial charge in [0.2, 0.25) is 0 Å². The van der Waals surface area contributed by atoms with Crippen LogP contribution in [0.25, 0.3) is 0 Å². The molecule has 2 aromatic rings. The number of hydrogen-bond donors (Lipinski definition) is 0. The van der Waals surface area contributed by atoms with Crippen molar-refractivity contribution < 1.29 is 23.4 Å². The van der Waals surface area contributed by atoms with Gasteiger partial charge in [-0.3, -0.25) is 0 Å². The van der Waals surface area contributed by atoms with Crippen LogP contribution < -0.4 is 10.4 Å². The van der Waals surface area contributed by atoms with Crippen molar-refractivity contribution in [3.63, 3.8) is 0 Å². The summed E-state index contributed by atoms with van der Waals surface area (Å²) in [7, 11) is -1.11. The predicted molar refractivity (Wildman–Crippen MR) is 184 cm³/mol. The zero-order valence-corrected chi connectivity index (χ0v) is 30.1. The zero-order chi connectivity index (χ0) is 32.4. The highest BCUT2D eigenvalue weighted by molar-refractivity contribution is 6.99. The van der Waals surface area contributed by atoms with Crippen LogP contribution in [0.3, 0.4) is 0 Å². The minimum absolute atomic E-state index is 0.0144. The molecule has 46 heavy (non-hydrogen) atoms. The first-order valence-electron chi connectivity index (χ1n) is 18.2. The van der Waals surface area contributed by atoms with E-state index in [1.807, 2.05) is 0 Å². The van der Waals surface area contributed by atoms with Crippen molar-refractivity contribution in [1.29, 1.82) is 0 Å². The van der Waals surface area contributed by atoms with Crippen molar-refractivity contribution in [3.8, 4) is 0 Å². The summed E-state index contributed by atoms with van der Waals surface area (Å²) in [4.78, 5) is 12.9. The van der Waals surface area contributed by atoms with E-state index in [0.717, 1.165) is 45.1 Å². The first-order chi connectivity index (χ1) is 22.0. The number of ether oxygens (including phenoxy) is 3. The van der Waals surface area contributed by atoms with Crippen LogP contribution in [0.2, 0.25) is 5.04 Å². The third kappa shape index (κ3) is 4.90. The average molecular weight is 645 g/mol. The van der Waals surface area contributed by atoms with Crippen molar-refractivity contribution >= 4 is 24.7 Å². The Balaban J connectivity index is 1.16. The third-order valence-electron chi connectivity index (χ3n) is 13.9.